The number of ether oxygens (including phenoxy) is 1. The van der Waals surface area contributed by atoms with Gasteiger partial charge in [-0.2, -0.15) is 0 Å². The van der Waals surface area contributed by atoms with Gasteiger partial charge in [0, 0.05) is 36.6 Å². The van der Waals surface area contributed by atoms with Gasteiger partial charge >= 0.3 is 0 Å². The summed E-state index contributed by atoms with van der Waals surface area (Å²) in [5.74, 6) is 0.815. The normalized spacial score (nSPS) is 23.1. The lowest BCUT2D eigenvalue weighted by atomic mass is 9.74. The number of hydrogen-bond donors (Lipinski definition) is 2. The summed E-state index contributed by atoms with van der Waals surface area (Å²) in [5.41, 5.74) is 1.15. The number of carbonyl (C=O) groups is 1. The van der Waals surface area contributed by atoms with Crippen molar-refractivity contribution in [2.75, 3.05) is 32.8 Å². The summed E-state index contributed by atoms with van der Waals surface area (Å²) in [4.78, 5) is 12.3. The Morgan fingerprint density at radius 1 is 1.38 bits per heavy atom. The van der Waals surface area contributed by atoms with Crippen LogP contribution in [0.3, 0.4) is 0 Å². The molecular weight excluding hydrogens is 324 g/mol. The molecule has 2 aliphatic heterocycles. The van der Waals surface area contributed by atoms with Gasteiger partial charge in [0.25, 0.3) is 0 Å². The number of amides is 1. The number of carbonyl (C=O) groups excluding carboxylic acids is 1. The molecule has 1 amide bonds. The van der Waals surface area contributed by atoms with Gasteiger partial charge in [0.05, 0.1) is 0 Å². The minimum Gasteiger partial charge on any atom is -0.381 e. The van der Waals surface area contributed by atoms with Crippen LogP contribution in [0, 0.1) is 5.92 Å². The zero-order valence-electron chi connectivity index (χ0n) is 14.2. The van der Waals surface area contributed by atoms with Crippen molar-refractivity contribution >= 4 is 17.5 Å². The Bertz CT molecular complexity index is 552. The molecule has 2 saturated heterocycles. The highest BCUT2D eigenvalue weighted by atomic mass is 35.5. The van der Waals surface area contributed by atoms with E-state index in [0.29, 0.717) is 18.9 Å². The first-order chi connectivity index (χ1) is 11.7. The summed E-state index contributed by atoms with van der Waals surface area (Å²) >= 11 is 6.19. The van der Waals surface area contributed by atoms with Crippen LogP contribution >= 0.6 is 11.6 Å². The molecule has 0 radical (unpaired) electrons. The topological polar surface area (TPSA) is 50.4 Å². The van der Waals surface area contributed by atoms with Gasteiger partial charge in [-0.25, -0.2) is 0 Å². The van der Waals surface area contributed by atoms with Crippen molar-refractivity contribution in [1.29, 1.82) is 0 Å². The first kappa shape index (κ1) is 17.7. The maximum atomic E-state index is 12.3. The molecule has 0 aliphatic carbocycles. The highest BCUT2D eigenvalue weighted by Gasteiger charge is 2.35. The molecule has 0 bridgehead atoms. The van der Waals surface area contributed by atoms with Crippen molar-refractivity contribution in [3.63, 3.8) is 0 Å². The van der Waals surface area contributed by atoms with Crippen LogP contribution < -0.4 is 10.6 Å². The van der Waals surface area contributed by atoms with Crippen LogP contribution in [-0.4, -0.2) is 38.8 Å². The van der Waals surface area contributed by atoms with E-state index < -0.39 is 0 Å². The molecule has 2 N–H and O–H groups in total. The predicted molar refractivity (Wildman–Crippen MR) is 96.4 cm³/mol. The highest BCUT2D eigenvalue weighted by molar-refractivity contribution is 6.30. The molecule has 0 aromatic heterocycles. The van der Waals surface area contributed by atoms with Gasteiger partial charge in [-0.3, -0.25) is 4.79 Å². The van der Waals surface area contributed by atoms with E-state index >= 15 is 0 Å². The van der Waals surface area contributed by atoms with Crippen molar-refractivity contribution in [2.45, 2.75) is 37.5 Å². The lowest BCUT2D eigenvalue weighted by Gasteiger charge is -2.38. The summed E-state index contributed by atoms with van der Waals surface area (Å²) in [5, 5.41) is 7.28. The average molecular weight is 351 g/mol. The number of benzene rings is 1. The number of hydrogen-bond acceptors (Lipinski definition) is 3. The molecule has 2 fully saturated rings. The van der Waals surface area contributed by atoms with E-state index in [-0.39, 0.29) is 11.3 Å². The molecule has 3 rings (SSSR count). The molecule has 132 valence electrons. The Labute approximate surface area is 149 Å². The Balaban J connectivity index is 1.59. The van der Waals surface area contributed by atoms with Crippen LogP contribution in [0.2, 0.25) is 5.02 Å². The van der Waals surface area contributed by atoms with Crippen LogP contribution in [0.4, 0.5) is 0 Å². The van der Waals surface area contributed by atoms with E-state index in [1.807, 2.05) is 18.2 Å². The zero-order valence-corrected chi connectivity index (χ0v) is 14.9. The SMILES string of the molecule is O=C(CCC1CCNC1)NCC1(c2cccc(Cl)c2)CCOCC1. The first-order valence-corrected chi connectivity index (χ1v) is 9.37. The first-order valence-electron chi connectivity index (χ1n) is 8.99. The molecular formula is C19H27ClN2O2. The van der Waals surface area contributed by atoms with Crippen LogP contribution in [-0.2, 0) is 14.9 Å². The van der Waals surface area contributed by atoms with Gasteiger partial charge in [-0.1, -0.05) is 23.7 Å². The molecule has 2 heterocycles. The summed E-state index contributed by atoms with van der Waals surface area (Å²) in [6.45, 7) is 4.27. The minimum atomic E-state index is -0.0618. The van der Waals surface area contributed by atoms with Crippen molar-refractivity contribution in [3.8, 4) is 0 Å². The third-order valence-corrected chi connectivity index (χ3v) is 5.69. The van der Waals surface area contributed by atoms with Crippen LogP contribution in [0.25, 0.3) is 0 Å². The van der Waals surface area contributed by atoms with Crippen molar-refractivity contribution in [3.05, 3.63) is 34.9 Å². The fourth-order valence-electron chi connectivity index (χ4n) is 3.80. The summed E-state index contributed by atoms with van der Waals surface area (Å²) in [6, 6.07) is 8.03. The van der Waals surface area contributed by atoms with E-state index in [0.717, 1.165) is 50.6 Å². The maximum Gasteiger partial charge on any atom is 0.220 e. The van der Waals surface area contributed by atoms with E-state index in [4.69, 9.17) is 16.3 Å². The molecule has 2 aliphatic rings. The van der Waals surface area contributed by atoms with Crippen molar-refractivity contribution in [1.82, 2.24) is 10.6 Å². The predicted octanol–water partition coefficient (Wildman–Crippen LogP) is 2.89. The lowest BCUT2D eigenvalue weighted by molar-refractivity contribution is -0.121. The highest BCUT2D eigenvalue weighted by Crippen LogP contribution is 2.35. The second kappa shape index (κ2) is 8.32. The lowest BCUT2D eigenvalue weighted by Crippen LogP contribution is -2.44. The Morgan fingerprint density at radius 2 is 2.21 bits per heavy atom. The second-order valence-electron chi connectivity index (χ2n) is 7.08. The molecule has 0 saturated carbocycles. The smallest absolute Gasteiger partial charge is 0.220 e. The average Bonchev–Trinajstić information content (AvgIpc) is 3.12. The van der Waals surface area contributed by atoms with Gasteiger partial charge in [0.15, 0.2) is 0 Å². The molecule has 5 heteroatoms. The molecule has 24 heavy (non-hydrogen) atoms. The number of rotatable bonds is 6. The molecule has 0 spiro atoms. The Morgan fingerprint density at radius 3 is 2.92 bits per heavy atom. The van der Waals surface area contributed by atoms with Gasteiger partial charge in [0.2, 0.25) is 5.91 Å². The Kier molecular flexibility index (Phi) is 6.14. The maximum absolute atomic E-state index is 12.3. The molecule has 1 atom stereocenters. The van der Waals surface area contributed by atoms with Gasteiger partial charge in [-0.15, -0.1) is 0 Å². The van der Waals surface area contributed by atoms with E-state index in [2.05, 4.69) is 16.7 Å². The standard InChI is InChI=1S/C19H27ClN2O2/c20-17-3-1-2-16(12-17)19(7-10-24-11-8-19)14-22-18(23)5-4-15-6-9-21-13-15/h1-3,12,15,21H,4-11,13-14H2,(H,22,23). The third-order valence-electron chi connectivity index (χ3n) is 5.45. The fraction of sp³-hybridized carbons (Fsp3) is 0.632. The minimum absolute atomic E-state index is 0.0618. The van der Waals surface area contributed by atoms with E-state index in [1.54, 1.807) is 0 Å². The van der Waals surface area contributed by atoms with Gasteiger partial charge in [-0.05, 0) is 62.4 Å². The summed E-state index contributed by atoms with van der Waals surface area (Å²) < 4.78 is 5.55. The molecule has 1 aromatic carbocycles. The molecule has 4 nitrogen and oxygen atoms in total. The summed E-state index contributed by atoms with van der Waals surface area (Å²) in [6.07, 6.45) is 4.62. The quantitative estimate of drug-likeness (QED) is 0.829. The fourth-order valence-corrected chi connectivity index (χ4v) is 3.99. The van der Waals surface area contributed by atoms with Crippen LogP contribution in [0.5, 0.6) is 0 Å². The molecule has 1 aromatic rings. The van der Waals surface area contributed by atoms with E-state index in [9.17, 15) is 4.79 Å². The zero-order chi connectivity index (χ0) is 16.8. The van der Waals surface area contributed by atoms with E-state index in [1.165, 1.54) is 12.0 Å². The second-order valence-corrected chi connectivity index (χ2v) is 7.51. The van der Waals surface area contributed by atoms with Gasteiger partial charge < -0.3 is 15.4 Å². The monoisotopic (exact) mass is 350 g/mol. The van der Waals surface area contributed by atoms with Crippen LogP contribution in [0.1, 0.15) is 37.7 Å². The molecule has 1 unspecified atom stereocenters. The Hall–Kier alpha value is -1.10. The summed E-state index contributed by atoms with van der Waals surface area (Å²) in [7, 11) is 0. The third kappa shape index (κ3) is 4.50. The largest absolute Gasteiger partial charge is 0.381 e. The number of nitrogens with one attached hydrogen (secondary N) is 2. The van der Waals surface area contributed by atoms with Crippen molar-refractivity contribution < 1.29 is 9.53 Å². The van der Waals surface area contributed by atoms with Crippen LogP contribution in [0.15, 0.2) is 24.3 Å². The van der Waals surface area contributed by atoms with Gasteiger partial charge in [0.1, 0.15) is 0 Å². The van der Waals surface area contributed by atoms with Crippen molar-refractivity contribution in [2.24, 2.45) is 5.92 Å². The number of halogens is 1.